The van der Waals surface area contributed by atoms with Crippen molar-refractivity contribution in [3.8, 4) is 0 Å². The van der Waals surface area contributed by atoms with Gasteiger partial charge in [-0.2, -0.15) is 0 Å². The topological polar surface area (TPSA) is 75.3 Å². The maximum Gasteiger partial charge on any atom is 0.307 e. The molecule has 1 aromatic rings. The molecule has 0 heterocycles. The Kier molecular flexibility index (Phi) is 4.45. The van der Waals surface area contributed by atoms with Crippen molar-refractivity contribution in [1.82, 2.24) is 0 Å². The molecule has 2 atom stereocenters. The van der Waals surface area contributed by atoms with E-state index in [0.717, 1.165) is 24.1 Å². The Morgan fingerprint density at radius 3 is 2.71 bits per heavy atom. The number of carboxylic acids is 1. The van der Waals surface area contributed by atoms with Crippen LogP contribution in [0.15, 0.2) is 18.2 Å². The lowest BCUT2D eigenvalue weighted by Crippen LogP contribution is -2.35. The van der Waals surface area contributed by atoms with E-state index >= 15 is 0 Å². The van der Waals surface area contributed by atoms with Crippen LogP contribution in [0.5, 0.6) is 0 Å². The van der Waals surface area contributed by atoms with Crippen LogP contribution in [0.4, 0.5) is 11.4 Å². The third-order valence-corrected chi connectivity index (χ3v) is 4.22. The molecule has 0 spiro atoms. The van der Waals surface area contributed by atoms with E-state index in [0.29, 0.717) is 23.1 Å². The summed E-state index contributed by atoms with van der Waals surface area (Å²) in [5, 5.41) is 12.4. The van der Waals surface area contributed by atoms with Crippen LogP contribution in [-0.2, 0) is 11.2 Å². The summed E-state index contributed by atoms with van der Waals surface area (Å²) >= 11 is 0. The Bertz CT molecular complexity index is 526. The van der Waals surface area contributed by atoms with Gasteiger partial charge in [0.1, 0.15) is 0 Å². The fourth-order valence-corrected chi connectivity index (χ4v) is 3.70. The number of hydrogen-bond donors (Lipinski definition) is 3. The van der Waals surface area contributed by atoms with Gasteiger partial charge >= 0.3 is 5.97 Å². The van der Waals surface area contributed by atoms with Gasteiger partial charge in [0.15, 0.2) is 0 Å². The van der Waals surface area contributed by atoms with E-state index in [9.17, 15) is 4.79 Å². The number of anilines is 2. The molecule has 0 radical (unpaired) electrons. The number of nitrogens with one attached hydrogen (secondary N) is 1. The van der Waals surface area contributed by atoms with E-state index in [1.54, 1.807) is 6.07 Å². The lowest BCUT2D eigenvalue weighted by Gasteiger charge is -2.39. The molecule has 4 N–H and O–H groups in total. The number of nitrogen functional groups attached to an aromatic ring is 1. The average Bonchev–Trinajstić information content (AvgIpc) is 2.29. The first kappa shape index (κ1) is 15.7. The van der Waals surface area contributed by atoms with Crippen LogP contribution in [0, 0.1) is 11.3 Å². The van der Waals surface area contributed by atoms with Crippen LogP contribution in [0.3, 0.4) is 0 Å². The molecule has 0 amide bonds. The van der Waals surface area contributed by atoms with Crippen LogP contribution < -0.4 is 11.1 Å². The third-order valence-electron chi connectivity index (χ3n) is 4.22. The lowest BCUT2D eigenvalue weighted by molar-refractivity contribution is -0.136. The average molecular weight is 290 g/mol. The van der Waals surface area contributed by atoms with Gasteiger partial charge in [-0.1, -0.05) is 26.8 Å². The monoisotopic (exact) mass is 290 g/mol. The molecule has 0 aromatic heterocycles. The largest absolute Gasteiger partial charge is 0.481 e. The second-order valence-corrected chi connectivity index (χ2v) is 7.25. The molecular formula is C17H26N2O2. The molecule has 1 fully saturated rings. The molecular weight excluding hydrogens is 264 g/mol. The number of benzene rings is 1. The first-order valence-corrected chi connectivity index (χ1v) is 7.62. The summed E-state index contributed by atoms with van der Waals surface area (Å²) in [5.41, 5.74) is 8.70. The number of aliphatic carboxylic acids is 1. The van der Waals surface area contributed by atoms with Crippen molar-refractivity contribution < 1.29 is 9.90 Å². The molecule has 0 saturated heterocycles. The van der Waals surface area contributed by atoms with E-state index in [1.807, 2.05) is 12.1 Å². The number of rotatable bonds is 4. The van der Waals surface area contributed by atoms with E-state index in [4.69, 9.17) is 10.8 Å². The van der Waals surface area contributed by atoms with Gasteiger partial charge in [0, 0.05) is 6.04 Å². The molecule has 0 unspecified atom stereocenters. The molecule has 1 aliphatic rings. The van der Waals surface area contributed by atoms with Crippen molar-refractivity contribution in [3.63, 3.8) is 0 Å². The number of carbonyl (C=O) groups is 1. The quantitative estimate of drug-likeness (QED) is 0.742. The maximum atomic E-state index is 10.7. The minimum absolute atomic E-state index is 0.0119. The van der Waals surface area contributed by atoms with Crippen molar-refractivity contribution in [1.29, 1.82) is 0 Å². The molecule has 1 aromatic carbocycles. The summed E-state index contributed by atoms with van der Waals surface area (Å²) in [4.78, 5) is 10.7. The van der Waals surface area contributed by atoms with Crippen LogP contribution >= 0.6 is 0 Å². The first-order chi connectivity index (χ1) is 9.75. The van der Waals surface area contributed by atoms with E-state index in [1.165, 1.54) is 6.42 Å². The van der Waals surface area contributed by atoms with Gasteiger partial charge in [-0.05, 0) is 48.3 Å². The molecule has 0 bridgehead atoms. The van der Waals surface area contributed by atoms with E-state index in [2.05, 4.69) is 26.1 Å². The van der Waals surface area contributed by atoms with Gasteiger partial charge in [-0.25, -0.2) is 0 Å². The summed E-state index contributed by atoms with van der Waals surface area (Å²) < 4.78 is 0. The summed E-state index contributed by atoms with van der Waals surface area (Å²) in [6, 6.07) is 5.93. The van der Waals surface area contributed by atoms with Gasteiger partial charge in [0.05, 0.1) is 17.8 Å². The van der Waals surface area contributed by atoms with Crippen molar-refractivity contribution in [2.24, 2.45) is 11.3 Å². The lowest BCUT2D eigenvalue weighted by atomic mass is 9.70. The van der Waals surface area contributed by atoms with Gasteiger partial charge < -0.3 is 16.2 Å². The molecule has 2 rings (SSSR count). The van der Waals surface area contributed by atoms with Gasteiger partial charge in [-0.3, -0.25) is 4.79 Å². The standard InChI is InChI=1S/C17H26N2O2/c1-11-6-13(10-17(2,3)9-11)19-15-5-4-12(7-14(15)18)8-16(20)21/h4-5,7,11,13,19H,6,8-10,18H2,1-3H3,(H,20,21)/t11-,13+/m1/s1. The van der Waals surface area contributed by atoms with Gasteiger partial charge in [0.2, 0.25) is 0 Å². The minimum atomic E-state index is -0.835. The fourth-order valence-electron chi connectivity index (χ4n) is 3.70. The van der Waals surface area contributed by atoms with Crippen LogP contribution in [-0.4, -0.2) is 17.1 Å². The number of hydrogen-bond acceptors (Lipinski definition) is 3. The molecule has 4 nitrogen and oxygen atoms in total. The predicted octanol–water partition coefficient (Wildman–Crippen LogP) is 3.52. The van der Waals surface area contributed by atoms with Gasteiger partial charge in [-0.15, -0.1) is 0 Å². The van der Waals surface area contributed by atoms with Crippen molar-refractivity contribution in [3.05, 3.63) is 23.8 Å². The van der Waals surface area contributed by atoms with Crippen LogP contribution in [0.1, 0.15) is 45.6 Å². The fraction of sp³-hybridized carbons (Fsp3) is 0.588. The van der Waals surface area contributed by atoms with Crippen molar-refractivity contribution >= 4 is 17.3 Å². The third kappa shape index (κ3) is 4.38. The normalized spacial score (nSPS) is 24.5. The second-order valence-electron chi connectivity index (χ2n) is 7.25. The highest BCUT2D eigenvalue weighted by atomic mass is 16.4. The molecule has 4 heteroatoms. The van der Waals surface area contributed by atoms with Gasteiger partial charge in [0.25, 0.3) is 0 Å². The Balaban J connectivity index is 2.07. The summed E-state index contributed by atoms with van der Waals surface area (Å²) in [6.07, 6.45) is 3.56. The van der Waals surface area contributed by atoms with E-state index < -0.39 is 5.97 Å². The molecule has 21 heavy (non-hydrogen) atoms. The molecule has 116 valence electrons. The SMILES string of the molecule is C[C@@H]1C[C@H](Nc2ccc(CC(=O)O)cc2N)CC(C)(C)C1. The molecule has 0 aliphatic heterocycles. The summed E-state index contributed by atoms with van der Waals surface area (Å²) in [6.45, 7) is 6.93. The Morgan fingerprint density at radius 2 is 2.14 bits per heavy atom. The first-order valence-electron chi connectivity index (χ1n) is 7.62. The highest BCUT2D eigenvalue weighted by Crippen LogP contribution is 2.40. The highest BCUT2D eigenvalue weighted by Gasteiger charge is 2.32. The maximum absolute atomic E-state index is 10.7. The van der Waals surface area contributed by atoms with E-state index in [-0.39, 0.29) is 6.42 Å². The number of nitrogens with two attached hydrogens (primary N) is 1. The zero-order chi connectivity index (χ0) is 15.6. The predicted molar refractivity (Wildman–Crippen MR) is 86.4 cm³/mol. The Labute approximate surface area is 126 Å². The minimum Gasteiger partial charge on any atom is -0.481 e. The van der Waals surface area contributed by atoms with Crippen LogP contribution in [0.2, 0.25) is 0 Å². The number of carboxylic acid groups (broad SMARTS) is 1. The van der Waals surface area contributed by atoms with Crippen LogP contribution in [0.25, 0.3) is 0 Å². The second kappa shape index (κ2) is 5.96. The smallest absolute Gasteiger partial charge is 0.307 e. The Hall–Kier alpha value is -1.71. The Morgan fingerprint density at radius 1 is 1.43 bits per heavy atom. The highest BCUT2D eigenvalue weighted by molar-refractivity contribution is 5.73. The summed E-state index contributed by atoms with van der Waals surface area (Å²) in [7, 11) is 0. The van der Waals surface area contributed by atoms with Crippen molar-refractivity contribution in [2.45, 2.75) is 52.5 Å². The molecule has 1 aliphatic carbocycles. The zero-order valence-electron chi connectivity index (χ0n) is 13.1. The van der Waals surface area contributed by atoms with Crippen molar-refractivity contribution in [2.75, 3.05) is 11.1 Å². The summed E-state index contributed by atoms with van der Waals surface area (Å²) in [5.74, 6) is -0.128. The zero-order valence-corrected chi connectivity index (χ0v) is 13.1. The molecule has 1 saturated carbocycles.